The standard InChI is InChI=1S/C28H27N7O2/c29-28(15-16-28)27(37)30-23-14-13-20-5-1-4-8-24(20)35(26(23)36)17-18-9-11-19(12-10-18)21-6-2-3-7-22(21)25-31-33-34-32-25/h1-12,23H,13-17,29H2,(H,30,37)(H,31,32,33,34)/t23-/m1/s1. The van der Waals surface area contributed by atoms with Gasteiger partial charge < -0.3 is 16.0 Å². The molecule has 9 nitrogen and oxygen atoms in total. The highest BCUT2D eigenvalue weighted by Crippen LogP contribution is 2.34. The number of aromatic nitrogens is 4. The smallest absolute Gasteiger partial charge is 0.249 e. The van der Waals surface area contributed by atoms with E-state index in [0.29, 0.717) is 38.1 Å². The van der Waals surface area contributed by atoms with Crippen LogP contribution in [0.4, 0.5) is 5.69 Å². The fourth-order valence-corrected chi connectivity index (χ4v) is 4.85. The van der Waals surface area contributed by atoms with Gasteiger partial charge in [-0.3, -0.25) is 9.59 Å². The second kappa shape index (κ2) is 9.25. The average molecular weight is 494 g/mol. The van der Waals surface area contributed by atoms with Crippen molar-refractivity contribution < 1.29 is 9.59 Å². The Hall–Kier alpha value is -4.37. The first-order valence-corrected chi connectivity index (χ1v) is 12.4. The first-order valence-electron chi connectivity index (χ1n) is 12.4. The molecule has 0 spiro atoms. The highest BCUT2D eigenvalue weighted by molar-refractivity contribution is 6.01. The van der Waals surface area contributed by atoms with Crippen molar-refractivity contribution in [1.29, 1.82) is 0 Å². The van der Waals surface area contributed by atoms with E-state index in [-0.39, 0.29) is 11.8 Å². The number of tetrazole rings is 1. The Kier molecular flexibility index (Phi) is 5.77. The summed E-state index contributed by atoms with van der Waals surface area (Å²) in [5.74, 6) is 0.181. The molecule has 0 bridgehead atoms. The summed E-state index contributed by atoms with van der Waals surface area (Å²) in [6, 6.07) is 23.3. The molecule has 0 saturated heterocycles. The summed E-state index contributed by atoms with van der Waals surface area (Å²) in [7, 11) is 0. The number of hydrogen-bond donors (Lipinski definition) is 3. The van der Waals surface area contributed by atoms with Crippen LogP contribution in [-0.4, -0.2) is 44.0 Å². The van der Waals surface area contributed by atoms with Crippen molar-refractivity contribution in [1.82, 2.24) is 25.9 Å². The number of benzene rings is 3. The van der Waals surface area contributed by atoms with Crippen molar-refractivity contribution in [2.45, 2.75) is 43.8 Å². The largest absolute Gasteiger partial charge is 0.343 e. The number of amides is 2. The number of rotatable bonds is 6. The third kappa shape index (κ3) is 4.49. The molecule has 1 aromatic heterocycles. The summed E-state index contributed by atoms with van der Waals surface area (Å²) < 4.78 is 0. The van der Waals surface area contributed by atoms with Crippen molar-refractivity contribution >= 4 is 17.5 Å². The lowest BCUT2D eigenvalue weighted by atomic mass is 9.98. The van der Waals surface area contributed by atoms with Gasteiger partial charge in [-0.2, -0.15) is 5.21 Å². The third-order valence-corrected chi connectivity index (χ3v) is 7.21. The quantitative estimate of drug-likeness (QED) is 0.379. The molecule has 1 aliphatic heterocycles. The first-order chi connectivity index (χ1) is 18.0. The van der Waals surface area contributed by atoms with Gasteiger partial charge in [0.15, 0.2) is 0 Å². The van der Waals surface area contributed by atoms with Crippen LogP contribution in [0.5, 0.6) is 0 Å². The molecule has 0 radical (unpaired) electrons. The number of fused-ring (bicyclic) bond motifs is 1. The van der Waals surface area contributed by atoms with E-state index in [1.165, 1.54) is 0 Å². The molecule has 1 fully saturated rings. The molecule has 1 atom stereocenters. The van der Waals surface area contributed by atoms with Gasteiger partial charge in [0.1, 0.15) is 6.04 Å². The number of nitrogens with one attached hydrogen (secondary N) is 2. The van der Waals surface area contributed by atoms with Crippen LogP contribution in [0.1, 0.15) is 30.4 Å². The van der Waals surface area contributed by atoms with Crippen molar-refractivity contribution in [2.75, 3.05) is 4.90 Å². The Balaban J connectivity index is 1.27. The molecule has 3 aromatic carbocycles. The van der Waals surface area contributed by atoms with Crippen LogP contribution in [0.25, 0.3) is 22.5 Å². The molecular weight excluding hydrogens is 466 g/mol. The number of para-hydroxylation sites is 1. The van der Waals surface area contributed by atoms with Crippen LogP contribution in [0, 0.1) is 0 Å². The lowest BCUT2D eigenvalue weighted by Crippen LogP contribution is -2.53. The minimum atomic E-state index is -0.822. The van der Waals surface area contributed by atoms with E-state index in [0.717, 1.165) is 33.5 Å². The van der Waals surface area contributed by atoms with Crippen LogP contribution in [-0.2, 0) is 22.6 Å². The molecule has 1 aliphatic carbocycles. The summed E-state index contributed by atoms with van der Waals surface area (Å²) in [4.78, 5) is 28.1. The maximum atomic E-state index is 13.7. The predicted octanol–water partition coefficient (Wildman–Crippen LogP) is 2.99. The predicted molar refractivity (Wildman–Crippen MR) is 139 cm³/mol. The van der Waals surface area contributed by atoms with Gasteiger partial charge in [0.2, 0.25) is 17.6 Å². The van der Waals surface area contributed by atoms with Gasteiger partial charge in [-0.1, -0.05) is 66.7 Å². The topological polar surface area (TPSA) is 130 Å². The van der Waals surface area contributed by atoms with Crippen LogP contribution < -0.4 is 16.0 Å². The van der Waals surface area contributed by atoms with Gasteiger partial charge >= 0.3 is 0 Å². The number of nitrogens with two attached hydrogens (primary N) is 1. The molecule has 2 aliphatic rings. The number of nitrogens with zero attached hydrogens (tertiary/aromatic N) is 4. The van der Waals surface area contributed by atoms with Crippen LogP contribution in [0.2, 0.25) is 0 Å². The summed E-state index contributed by atoms with van der Waals surface area (Å²) in [6.07, 6.45) is 2.56. The number of H-pyrrole nitrogens is 1. The van der Waals surface area contributed by atoms with Gasteiger partial charge in [0.05, 0.1) is 12.1 Å². The monoisotopic (exact) mass is 493 g/mol. The Labute approximate surface area is 214 Å². The molecule has 4 N–H and O–H groups in total. The average Bonchev–Trinajstić information content (AvgIpc) is 3.49. The van der Waals surface area contributed by atoms with Gasteiger partial charge in [0, 0.05) is 11.3 Å². The zero-order valence-electron chi connectivity index (χ0n) is 20.2. The second-order valence-electron chi connectivity index (χ2n) is 9.75. The normalized spacial score (nSPS) is 18.1. The van der Waals surface area contributed by atoms with Gasteiger partial charge in [-0.15, -0.1) is 10.2 Å². The minimum absolute atomic E-state index is 0.117. The van der Waals surface area contributed by atoms with Crippen molar-refractivity contribution in [3.63, 3.8) is 0 Å². The molecule has 0 unspecified atom stereocenters. The summed E-state index contributed by atoms with van der Waals surface area (Å²) >= 11 is 0. The van der Waals surface area contributed by atoms with Crippen LogP contribution in [0.3, 0.4) is 0 Å². The zero-order valence-corrected chi connectivity index (χ0v) is 20.2. The molecule has 4 aromatic rings. The number of aromatic amines is 1. The number of hydrogen-bond acceptors (Lipinski definition) is 6. The van der Waals surface area contributed by atoms with E-state index in [9.17, 15) is 9.59 Å². The molecule has 6 rings (SSSR count). The number of carbonyl (C=O) groups excluding carboxylic acids is 2. The first kappa shape index (κ1) is 23.1. The van der Waals surface area contributed by atoms with Gasteiger partial charge in [-0.25, -0.2) is 0 Å². The van der Waals surface area contributed by atoms with E-state index in [1.54, 1.807) is 4.90 Å². The Bertz CT molecular complexity index is 1450. The fourth-order valence-electron chi connectivity index (χ4n) is 4.85. The Morgan fingerprint density at radius 3 is 2.49 bits per heavy atom. The van der Waals surface area contributed by atoms with Gasteiger partial charge in [0.25, 0.3) is 0 Å². The van der Waals surface area contributed by atoms with Gasteiger partial charge in [-0.05, 0) is 59.2 Å². The van der Waals surface area contributed by atoms with E-state index >= 15 is 0 Å². The highest BCUT2D eigenvalue weighted by Gasteiger charge is 2.47. The van der Waals surface area contributed by atoms with Crippen LogP contribution in [0.15, 0.2) is 72.8 Å². The minimum Gasteiger partial charge on any atom is -0.343 e. The van der Waals surface area contributed by atoms with E-state index in [2.05, 4.69) is 25.9 Å². The number of anilines is 1. The number of aryl methyl sites for hydroxylation is 1. The Morgan fingerprint density at radius 1 is 1.03 bits per heavy atom. The lowest BCUT2D eigenvalue weighted by Gasteiger charge is -2.27. The van der Waals surface area contributed by atoms with Crippen molar-refractivity contribution in [3.05, 3.63) is 83.9 Å². The van der Waals surface area contributed by atoms with Crippen molar-refractivity contribution in [3.8, 4) is 22.5 Å². The van der Waals surface area contributed by atoms with E-state index in [1.807, 2.05) is 72.8 Å². The summed E-state index contributed by atoms with van der Waals surface area (Å²) in [6.45, 7) is 0.392. The summed E-state index contributed by atoms with van der Waals surface area (Å²) in [5.41, 5.74) is 11.1. The maximum absolute atomic E-state index is 13.7. The molecule has 1 saturated carbocycles. The van der Waals surface area contributed by atoms with E-state index in [4.69, 9.17) is 5.73 Å². The molecular formula is C28H27N7O2. The fraction of sp³-hybridized carbons (Fsp3) is 0.250. The highest BCUT2D eigenvalue weighted by atomic mass is 16.2. The van der Waals surface area contributed by atoms with Crippen molar-refractivity contribution in [2.24, 2.45) is 5.73 Å². The molecule has 186 valence electrons. The molecule has 2 amide bonds. The van der Waals surface area contributed by atoms with E-state index < -0.39 is 11.6 Å². The molecule has 37 heavy (non-hydrogen) atoms. The van der Waals surface area contributed by atoms with Crippen LogP contribution >= 0.6 is 0 Å². The number of carbonyl (C=O) groups is 2. The second-order valence-corrected chi connectivity index (χ2v) is 9.75. The lowest BCUT2D eigenvalue weighted by molar-refractivity contribution is -0.129. The molecule has 9 heteroatoms. The summed E-state index contributed by atoms with van der Waals surface area (Å²) in [5, 5.41) is 17.4. The SMILES string of the molecule is NC1(C(=O)N[C@@H]2CCc3ccccc3N(Cc3ccc(-c4ccccc4-c4nn[nH]n4)cc3)C2=O)CC1. The maximum Gasteiger partial charge on any atom is 0.249 e. The zero-order chi connectivity index (χ0) is 25.4. The molecule has 2 heterocycles. The Morgan fingerprint density at radius 2 is 1.76 bits per heavy atom. The third-order valence-electron chi connectivity index (χ3n) is 7.21.